The van der Waals surface area contributed by atoms with Gasteiger partial charge in [-0.25, -0.2) is 18.4 Å². The number of amidine groups is 1. The molecule has 2 atom stereocenters. The highest BCUT2D eigenvalue weighted by Gasteiger charge is 2.40. The molecule has 0 bridgehead atoms. The number of ether oxygens (including phenoxy) is 1. The van der Waals surface area contributed by atoms with Crippen LogP contribution in [0, 0.1) is 6.92 Å². The number of pyridine rings is 1. The first kappa shape index (κ1) is 20.3. The Kier molecular flexibility index (Phi) is 4.52. The number of aromatic nitrogens is 1. The molecule has 0 unspecified atom stereocenters. The molecule has 0 aliphatic carbocycles. The van der Waals surface area contributed by atoms with E-state index in [4.69, 9.17) is 15.5 Å². The van der Waals surface area contributed by atoms with Crippen LogP contribution < -0.4 is 15.5 Å². The molecule has 8 nitrogen and oxygen atoms in total. The van der Waals surface area contributed by atoms with Gasteiger partial charge in [-0.05, 0) is 30.7 Å². The third-order valence-electron chi connectivity index (χ3n) is 6.69. The van der Waals surface area contributed by atoms with Gasteiger partial charge in [0.15, 0.2) is 9.84 Å². The molecule has 4 heterocycles. The molecule has 1 fully saturated rings. The molecule has 33 heavy (non-hydrogen) atoms. The fourth-order valence-corrected chi connectivity index (χ4v) is 6.53. The lowest BCUT2D eigenvalue weighted by Gasteiger charge is -2.26. The summed E-state index contributed by atoms with van der Waals surface area (Å²) in [6.07, 6.45) is -0.0447. The van der Waals surface area contributed by atoms with Crippen molar-refractivity contribution in [3.63, 3.8) is 0 Å². The zero-order chi connectivity index (χ0) is 22.7. The Morgan fingerprint density at radius 2 is 1.94 bits per heavy atom. The Bertz CT molecular complexity index is 1400. The Labute approximate surface area is 192 Å². The highest BCUT2D eigenvalue weighted by Crippen LogP contribution is 2.36. The van der Waals surface area contributed by atoms with Crippen molar-refractivity contribution in [2.75, 3.05) is 35.2 Å². The number of fused-ring (bicyclic) bond motifs is 3. The summed E-state index contributed by atoms with van der Waals surface area (Å²) in [4.78, 5) is 14.1. The van der Waals surface area contributed by atoms with Gasteiger partial charge in [-0.2, -0.15) is 0 Å². The van der Waals surface area contributed by atoms with Gasteiger partial charge in [0.25, 0.3) is 6.02 Å². The minimum Gasteiger partial charge on any atom is -0.458 e. The van der Waals surface area contributed by atoms with Gasteiger partial charge < -0.3 is 20.3 Å². The second-order valence-electron chi connectivity index (χ2n) is 8.96. The molecule has 0 saturated carbocycles. The number of nitrogens with two attached hydrogens (primary N) is 1. The van der Waals surface area contributed by atoms with Crippen LogP contribution in [0.15, 0.2) is 58.4 Å². The van der Waals surface area contributed by atoms with Gasteiger partial charge in [-0.1, -0.05) is 29.8 Å². The number of sulfone groups is 1. The number of hydrogen-bond donors (Lipinski definition) is 1. The molecular formula is C24H25N5O3S. The summed E-state index contributed by atoms with van der Waals surface area (Å²) in [6, 6.07) is 15.9. The SMILES string of the molecule is Cc1ccc2nc(N3CCS(=O)(=O)c4ccccc4C3)cc(N3C[C@@H]4N=C(N)O[C@@H]4C3)c2c1. The van der Waals surface area contributed by atoms with Crippen LogP contribution in [0.4, 0.5) is 11.5 Å². The summed E-state index contributed by atoms with van der Waals surface area (Å²) < 4.78 is 31.4. The van der Waals surface area contributed by atoms with E-state index in [1.807, 2.05) is 18.2 Å². The summed E-state index contributed by atoms with van der Waals surface area (Å²) in [5.74, 6) is 0.831. The van der Waals surface area contributed by atoms with Crippen molar-refractivity contribution in [1.82, 2.24) is 4.98 Å². The van der Waals surface area contributed by atoms with Gasteiger partial charge in [-0.15, -0.1) is 0 Å². The Morgan fingerprint density at radius 3 is 2.79 bits per heavy atom. The summed E-state index contributed by atoms with van der Waals surface area (Å²) in [5, 5.41) is 1.07. The first-order valence-electron chi connectivity index (χ1n) is 11.1. The van der Waals surface area contributed by atoms with E-state index in [0.29, 0.717) is 24.5 Å². The van der Waals surface area contributed by atoms with E-state index in [1.54, 1.807) is 12.1 Å². The van der Waals surface area contributed by atoms with Crippen LogP contribution in [0.2, 0.25) is 0 Å². The molecule has 3 aliphatic rings. The molecule has 1 aromatic heterocycles. The number of rotatable bonds is 2. The van der Waals surface area contributed by atoms with Gasteiger partial charge in [0, 0.05) is 31.1 Å². The second-order valence-corrected chi connectivity index (χ2v) is 11.0. The number of aliphatic imine (C=N–C) groups is 1. The van der Waals surface area contributed by atoms with E-state index in [1.165, 1.54) is 0 Å². The number of nitrogens with zero attached hydrogens (tertiary/aromatic N) is 4. The highest BCUT2D eigenvalue weighted by atomic mass is 32.2. The lowest BCUT2D eigenvalue weighted by molar-refractivity contribution is 0.223. The van der Waals surface area contributed by atoms with Gasteiger partial charge in [-0.3, -0.25) is 0 Å². The molecular weight excluding hydrogens is 438 g/mol. The van der Waals surface area contributed by atoms with Crippen LogP contribution >= 0.6 is 0 Å². The largest absolute Gasteiger partial charge is 0.458 e. The molecule has 170 valence electrons. The monoisotopic (exact) mass is 463 g/mol. The summed E-state index contributed by atoms with van der Waals surface area (Å²) in [5.41, 5.74) is 9.67. The fourth-order valence-electron chi connectivity index (χ4n) is 5.03. The molecule has 3 aliphatic heterocycles. The topological polar surface area (TPSA) is 101 Å². The lowest BCUT2D eigenvalue weighted by atomic mass is 10.1. The first-order chi connectivity index (χ1) is 15.9. The number of hydrogen-bond acceptors (Lipinski definition) is 8. The van der Waals surface area contributed by atoms with Crippen molar-refractivity contribution >= 4 is 38.3 Å². The average Bonchev–Trinajstić information content (AvgIpc) is 3.29. The van der Waals surface area contributed by atoms with Crippen molar-refractivity contribution in [2.24, 2.45) is 10.7 Å². The summed E-state index contributed by atoms with van der Waals surface area (Å²) in [7, 11) is -3.33. The number of anilines is 2. The van der Waals surface area contributed by atoms with Crippen molar-refractivity contribution in [3.8, 4) is 0 Å². The summed E-state index contributed by atoms with van der Waals surface area (Å²) in [6.45, 7) is 4.36. The van der Waals surface area contributed by atoms with E-state index in [0.717, 1.165) is 40.1 Å². The van der Waals surface area contributed by atoms with Crippen LogP contribution in [0.5, 0.6) is 0 Å². The standard InChI is InChI=1S/C24H25N5O3S/c1-15-6-7-18-17(10-15)20(29-13-19-21(14-29)32-24(25)27-19)11-23(26-18)28-8-9-33(30,31)22-5-3-2-4-16(22)12-28/h2-7,10-11,19,21H,8-9,12-14H2,1H3,(H2,25,27)/t19-,21+/m0/s1. The minimum atomic E-state index is -3.33. The van der Waals surface area contributed by atoms with Crippen LogP contribution in [-0.2, 0) is 21.1 Å². The van der Waals surface area contributed by atoms with Gasteiger partial charge in [0.2, 0.25) is 0 Å². The van der Waals surface area contributed by atoms with Crippen LogP contribution in [-0.4, -0.2) is 57.0 Å². The third kappa shape index (κ3) is 3.47. The maximum atomic E-state index is 12.8. The van der Waals surface area contributed by atoms with E-state index in [-0.39, 0.29) is 23.9 Å². The van der Waals surface area contributed by atoms with Gasteiger partial charge in [0.05, 0.1) is 28.4 Å². The Balaban J connectivity index is 1.44. The number of benzene rings is 2. The summed E-state index contributed by atoms with van der Waals surface area (Å²) >= 11 is 0. The maximum Gasteiger partial charge on any atom is 0.282 e. The molecule has 3 aromatic rings. The second kappa shape index (κ2) is 7.34. The predicted molar refractivity (Wildman–Crippen MR) is 129 cm³/mol. The zero-order valence-corrected chi connectivity index (χ0v) is 19.1. The van der Waals surface area contributed by atoms with Crippen LogP contribution in [0.25, 0.3) is 10.9 Å². The van der Waals surface area contributed by atoms with E-state index < -0.39 is 9.84 Å². The van der Waals surface area contributed by atoms with Crippen molar-refractivity contribution in [1.29, 1.82) is 0 Å². The van der Waals surface area contributed by atoms with Gasteiger partial charge >= 0.3 is 0 Å². The maximum absolute atomic E-state index is 12.8. The molecule has 1 saturated heterocycles. The fraction of sp³-hybridized carbons (Fsp3) is 0.333. The molecule has 0 radical (unpaired) electrons. The smallest absolute Gasteiger partial charge is 0.282 e. The molecule has 2 N–H and O–H groups in total. The predicted octanol–water partition coefficient (Wildman–Crippen LogP) is 2.24. The molecule has 2 aromatic carbocycles. The average molecular weight is 464 g/mol. The lowest BCUT2D eigenvalue weighted by Crippen LogP contribution is -2.28. The zero-order valence-electron chi connectivity index (χ0n) is 18.3. The van der Waals surface area contributed by atoms with Crippen LogP contribution in [0.1, 0.15) is 11.1 Å². The quantitative estimate of drug-likeness (QED) is 0.622. The van der Waals surface area contributed by atoms with E-state index >= 15 is 0 Å². The normalized spacial score (nSPS) is 23.6. The Morgan fingerprint density at radius 1 is 1.09 bits per heavy atom. The molecule has 9 heteroatoms. The van der Waals surface area contributed by atoms with Crippen molar-refractivity contribution < 1.29 is 13.2 Å². The molecule has 6 rings (SSSR count). The highest BCUT2D eigenvalue weighted by molar-refractivity contribution is 7.91. The Hall–Kier alpha value is -3.33. The van der Waals surface area contributed by atoms with E-state index in [9.17, 15) is 8.42 Å². The van der Waals surface area contributed by atoms with Gasteiger partial charge in [0.1, 0.15) is 18.0 Å². The van der Waals surface area contributed by atoms with Crippen LogP contribution in [0.3, 0.4) is 0 Å². The van der Waals surface area contributed by atoms with E-state index in [2.05, 4.69) is 39.9 Å². The first-order valence-corrected chi connectivity index (χ1v) is 12.7. The number of aryl methyl sites for hydroxylation is 1. The van der Waals surface area contributed by atoms with Crippen molar-refractivity contribution in [3.05, 3.63) is 59.7 Å². The molecule has 0 spiro atoms. The molecule has 0 amide bonds. The minimum absolute atomic E-state index is 0.0247. The third-order valence-corrected chi connectivity index (χ3v) is 8.48. The van der Waals surface area contributed by atoms with Crippen molar-refractivity contribution in [2.45, 2.75) is 30.5 Å².